The van der Waals surface area contributed by atoms with E-state index in [4.69, 9.17) is 0 Å². The van der Waals surface area contributed by atoms with E-state index in [1.165, 1.54) is 35.2 Å². The highest BCUT2D eigenvalue weighted by atomic mass is 79.9. The van der Waals surface area contributed by atoms with Crippen LogP contribution in [0.15, 0.2) is 76.4 Å². The lowest BCUT2D eigenvalue weighted by Gasteiger charge is -2.19. The predicted molar refractivity (Wildman–Crippen MR) is 120 cm³/mol. The molecule has 2 aromatic carbocycles. The van der Waals surface area contributed by atoms with E-state index >= 15 is 0 Å². The number of anilines is 1. The van der Waals surface area contributed by atoms with Gasteiger partial charge in [-0.3, -0.25) is 14.7 Å². The zero-order valence-corrected chi connectivity index (χ0v) is 18.3. The number of pyridine rings is 1. The zero-order valence-electron chi connectivity index (χ0n) is 15.1. The van der Waals surface area contributed by atoms with Crippen LogP contribution in [0.5, 0.6) is 0 Å². The van der Waals surface area contributed by atoms with Crippen molar-refractivity contribution in [2.24, 2.45) is 0 Å². The molecule has 0 spiro atoms. The Morgan fingerprint density at radius 3 is 2.76 bits per heavy atom. The minimum absolute atomic E-state index is 0.0682. The third kappa shape index (κ3) is 5.01. The van der Waals surface area contributed by atoms with Crippen molar-refractivity contribution in [1.29, 1.82) is 0 Å². The van der Waals surface area contributed by atoms with Gasteiger partial charge in [0.1, 0.15) is 5.82 Å². The highest BCUT2D eigenvalue weighted by Gasteiger charge is 2.20. The molecule has 0 aliphatic heterocycles. The van der Waals surface area contributed by atoms with Crippen LogP contribution in [0.1, 0.15) is 5.56 Å². The number of carbonyl (C=O) groups is 1. The number of thiazole rings is 1. The molecule has 0 unspecified atom stereocenters. The molecule has 2 aromatic heterocycles. The normalized spacial score (nSPS) is 11.0. The van der Waals surface area contributed by atoms with Gasteiger partial charge >= 0.3 is 0 Å². The first kappa shape index (κ1) is 20.0. The first-order valence-electron chi connectivity index (χ1n) is 8.72. The van der Waals surface area contributed by atoms with Gasteiger partial charge in [-0.25, -0.2) is 9.37 Å². The lowest BCUT2D eigenvalue weighted by Crippen LogP contribution is -2.31. The number of aromatic nitrogens is 2. The van der Waals surface area contributed by atoms with Crippen molar-refractivity contribution in [1.82, 2.24) is 9.97 Å². The molecule has 0 atom stereocenters. The third-order valence-corrected chi connectivity index (χ3v) is 6.64. The van der Waals surface area contributed by atoms with E-state index in [2.05, 4.69) is 25.9 Å². The summed E-state index contributed by atoms with van der Waals surface area (Å²) in [7, 11) is 0. The van der Waals surface area contributed by atoms with Gasteiger partial charge < -0.3 is 0 Å². The quantitative estimate of drug-likeness (QED) is 0.316. The first-order valence-corrected chi connectivity index (χ1v) is 11.3. The number of hydrogen-bond acceptors (Lipinski definition) is 5. The minimum Gasteiger partial charge on any atom is -0.283 e. The van der Waals surface area contributed by atoms with Crippen molar-refractivity contribution in [2.45, 2.75) is 11.4 Å². The number of rotatable bonds is 6. The fourth-order valence-corrected chi connectivity index (χ4v) is 5.00. The average molecular weight is 488 g/mol. The third-order valence-electron chi connectivity index (χ3n) is 4.11. The Balaban J connectivity index is 1.59. The summed E-state index contributed by atoms with van der Waals surface area (Å²) in [5.74, 6) is -0.133. The van der Waals surface area contributed by atoms with E-state index in [1.807, 2.05) is 30.3 Å². The minimum atomic E-state index is -0.292. The SMILES string of the molecule is O=C(CSc1ccc(F)cc1)N(Cc1cccnc1)c1nc2ccc(Br)cc2s1. The molecule has 146 valence electrons. The monoisotopic (exact) mass is 487 g/mol. The maximum Gasteiger partial charge on any atom is 0.239 e. The Kier molecular flexibility index (Phi) is 6.22. The molecule has 1 amide bonds. The molecule has 29 heavy (non-hydrogen) atoms. The van der Waals surface area contributed by atoms with E-state index in [0.717, 1.165) is 25.1 Å². The van der Waals surface area contributed by atoms with E-state index < -0.39 is 0 Å². The number of benzene rings is 2. The summed E-state index contributed by atoms with van der Waals surface area (Å²) in [5, 5.41) is 0.645. The number of nitrogens with zero attached hydrogens (tertiary/aromatic N) is 3. The van der Waals surface area contributed by atoms with E-state index in [0.29, 0.717) is 11.7 Å². The largest absolute Gasteiger partial charge is 0.283 e. The number of fused-ring (bicyclic) bond motifs is 1. The lowest BCUT2D eigenvalue weighted by molar-refractivity contribution is -0.116. The summed E-state index contributed by atoms with van der Waals surface area (Å²) in [6.45, 7) is 0.387. The molecule has 0 saturated heterocycles. The highest BCUT2D eigenvalue weighted by Crippen LogP contribution is 2.32. The fraction of sp³-hybridized carbons (Fsp3) is 0.0952. The summed E-state index contributed by atoms with van der Waals surface area (Å²) in [5.41, 5.74) is 1.77. The van der Waals surface area contributed by atoms with Crippen LogP contribution in [0.2, 0.25) is 0 Å². The van der Waals surface area contributed by atoms with Crippen molar-refractivity contribution in [3.8, 4) is 0 Å². The molecule has 4 nitrogen and oxygen atoms in total. The second-order valence-electron chi connectivity index (χ2n) is 6.19. The van der Waals surface area contributed by atoms with Crippen LogP contribution in [0.3, 0.4) is 0 Å². The summed E-state index contributed by atoms with van der Waals surface area (Å²) in [6.07, 6.45) is 3.45. The zero-order chi connectivity index (χ0) is 20.2. The van der Waals surface area contributed by atoms with Crippen molar-refractivity contribution in [2.75, 3.05) is 10.7 Å². The van der Waals surface area contributed by atoms with Gasteiger partial charge in [0.05, 0.1) is 22.5 Å². The smallest absolute Gasteiger partial charge is 0.239 e. The molecule has 0 N–H and O–H groups in total. The summed E-state index contributed by atoms with van der Waals surface area (Å²) in [6, 6.07) is 15.8. The molecule has 2 heterocycles. The summed E-state index contributed by atoms with van der Waals surface area (Å²) in [4.78, 5) is 24.4. The van der Waals surface area contributed by atoms with Gasteiger partial charge in [-0.1, -0.05) is 33.3 Å². The first-order chi connectivity index (χ1) is 14.1. The van der Waals surface area contributed by atoms with Crippen molar-refractivity contribution in [3.05, 3.63) is 82.8 Å². The number of halogens is 2. The van der Waals surface area contributed by atoms with Crippen LogP contribution >= 0.6 is 39.0 Å². The molecule has 0 radical (unpaired) electrons. The number of amides is 1. The van der Waals surface area contributed by atoms with Crippen LogP contribution in [0.25, 0.3) is 10.2 Å². The molecule has 0 aliphatic carbocycles. The van der Waals surface area contributed by atoms with Crippen LogP contribution in [-0.2, 0) is 11.3 Å². The van der Waals surface area contributed by atoms with E-state index in [9.17, 15) is 9.18 Å². The van der Waals surface area contributed by atoms with Gasteiger partial charge in [0.15, 0.2) is 5.13 Å². The van der Waals surface area contributed by atoms with Gasteiger partial charge in [-0.05, 0) is 54.1 Å². The number of carbonyl (C=O) groups excluding carboxylic acids is 1. The van der Waals surface area contributed by atoms with Crippen molar-refractivity contribution in [3.63, 3.8) is 0 Å². The van der Waals surface area contributed by atoms with Gasteiger partial charge in [0, 0.05) is 21.8 Å². The maximum atomic E-state index is 13.1. The molecule has 4 aromatic rings. The molecule has 0 aliphatic rings. The van der Waals surface area contributed by atoms with Crippen LogP contribution < -0.4 is 4.90 Å². The van der Waals surface area contributed by atoms with Gasteiger partial charge in [0.2, 0.25) is 5.91 Å². The van der Waals surface area contributed by atoms with Crippen LogP contribution in [0.4, 0.5) is 9.52 Å². The Bertz CT molecular complexity index is 1140. The number of thioether (sulfide) groups is 1. The Hall–Kier alpha value is -2.29. The average Bonchev–Trinajstić information content (AvgIpc) is 3.15. The van der Waals surface area contributed by atoms with Crippen LogP contribution in [0, 0.1) is 5.82 Å². The second-order valence-corrected chi connectivity index (χ2v) is 9.17. The van der Waals surface area contributed by atoms with Crippen molar-refractivity contribution >= 4 is 60.3 Å². The Morgan fingerprint density at radius 2 is 2.00 bits per heavy atom. The van der Waals surface area contributed by atoms with Crippen molar-refractivity contribution < 1.29 is 9.18 Å². The Labute approximate surface area is 183 Å². The Morgan fingerprint density at radius 1 is 1.17 bits per heavy atom. The van der Waals surface area contributed by atoms with Gasteiger partial charge in [-0.15, -0.1) is 11.8 Å². The van der Waals surface area contributed by atoms with Gasteiger partial charge in [-0.2, -0.15) is 0 Å². The van der Waals surface area contributed by atoms with Gasteiger partial charge in [0.25, 0.3) is 0 Å². The molecule has 8 heteroatoms. The number of hydrogen-bond donors (Lipinski definition) is 0. The molecule has 4 rings (SSSR count). The highest BCUT2D eigenvalue weighted by molar-refractivity contribution is 9.10. The standard InChI is InChI=1S/C21H15BrFN3OS2/c22-15-3-8-18-19(10-15)29-21(25-18)26(12-14-2-1-9-24-11-14)20(27)13-28-17-6-4-16(23)5-7-17/h1-11H,12-13H2. The topological polar surface area (TPSA) is 46.1 Å². The maximum absolute atomic E-state index is 13.1. The summed E-state index contributed by atoms with van der Waals surface area (Å²) >= 11 is 6.33. The molecular formula is C21H15BrFN3OS2. The fourth-order valence-electron chi connectivity index (χ4n) is 2.69. The molecule has 0 saturated carbocycles. The molecule has 0 bridgehead atoms. The summed E-state index contributed by atoms with van der Waals surface area (Å²) < 4.78 is 15.1. The van der Waals surface area contributed by atoms with E-state index in [1.54, 1.807) is 29.4 Å². The second kappa shape index (κ2) is 9.02. The molecular weight excluding hydrogens is 473 g/mol. The van der Waals surface area contributed by atoms with Crippen LogP contribution in [-0.4, -0.2) is 21.6 Å². The predicted octanol–water partition coefficient (Wildman–Crippen LogP) is 5.92. The lowest BCUT2D eigenvalue weighted by atomic mass is 10.2. The van der Waals surface area contributed by atoms with E-state index in [-0.39, 0.29) is 17.5 Å². The molecule has 0 fully saturated rings.